The van der Waals surface area contributed by atoms with Gasteiger partial charge in [0.2, 0.25) is 0 Å². The van der Waals surface area contributed by atoms with Crippen molar-refractivity contribution >= 4 is 5.78 Å². The number of aromatic hydroxyl groups is 1. The van der Waals surface area contributed by atoms with Crippen molar-refractivity contribution in [3.8, 4) is 11.5 Å². The number of Topliss-reactive ketones (excluding diaryl/α,β-unsaturated/α-hetero) is 1. The molecule has 1 saturated heterocycles. The van der Waals surface area contributed by atoms with Crippen molar-refractivity contribution in [2.24, 2.45) is 5.92 Å². The second-order valence-electron chi connectivity index (χ2n) is 7.17. The van der Waals surface area contributed by atoms with Crippen molar-refractivity contribution in [2.75, 3.05) is 20.7 Å². The van der Waals surface area contributed by atoms with Crippen LogP contribution in [0.15, 0.2) is 12.1 Å². The molecule has 0 unspecified atom stereocenters. The number of phenolic OH excluding ortho intramolecular Hbond substituents is 1. The Labute approximate surface area is 131 Å². The van der Waals surface area contributed by atoms with Crippen LogP contribution in [0, 0.1) is 5.92 Å². The van der Waals surface area contributed by atoms with E-state index in [0.29, 0.717) is 36.3 Å². The number of carbonyl (C=O) groups excluding carboxylic acids is 1. The maximum Gasteiger partial charge on any atom is 0.161 e. The Hall–Kier alpha value is -1.55. The van der Waals surface area contributed by atoms with Crippen LogP contribution >= 0.6 is 0 Å². The normalized spacial score (nSPS) is 34.0. The van der Waals surface area contributed by atoms with E-state index < -0.39 is 0 Å². The van der Waals surface area contributed by atoms with Crippen molar-refractivity contribution in [3.63, 3.8) is 0 Å². The van der Waals surface area contributed by atoms with Gasteiger partial charge in [0.25, 0.3) is 0 Å². The van der Waals surface area contributed by atoms with Crippen LogP contribution in [0.4, 0.5) is 0 Å². The summed E-state index contributed by atoms with van der Waals surface area (Å²) in [5.74, 6) is 1.61. The molecular formula is C18H23NO3. The molecule has 1 N–H and O–H groups in total. The summed E-state index contributed by atoms with van der Waals surface area (Å²) in [5, 5.41) is 10.8. The molecule has 22 heavy (non-hydrogen) atoms. The molecule has 4 nitrogen and oxygen atoms in total. The number of nitrogens with zero attached hydrogens (tertiary/aromatic N) is 1. The lowest BCUT2D eigenvalue weighted by atomic mass is 9.52. The average molecular weight is 301 g/mol. The molecule has 4 heteroatoms. The fourth-order valence-electron chi connectivity index (χ4n) is 5.27. The van der Waals surface area contributed by atoms with Gasteiger partial charge in [-0.1, -0.05) is 6.07 Å². The van der Waals surface area contributed by atoms with Crippen LogP contribution in [0.2, 0.25) is 0 Å². The number of fused-ring (bicyclic) bond motifs is 1. The van der Waals surface area contributed by atoms with Crippen LogP contribution in [0.5, 0.6) is 11.5 Å². The zero-order valence-electron chi connectivity index (χ0n) is 13.3. The maximum absolute atomic E-state index is 12.2. The van der Waals surface area contributed by atoms with E-state index in [2.05, 4.69) is 18.0 Å². The number of piperidine rings is 1. The lowest BCUT2D eigenvalue weighted by molar-refractivity contribution is -0.126. The quantitative estimate of drug-likeness (QED) is 0.864. The van der Waals surface area contributed by atoms with E-state index in [1.165, 1.54) is 5.56 Å². The summed E-state index contributed by atoms with van der Waals surface area (Å²) >= 11 is 0. The lowest BCUT2D eigenvalue weighted by Gasteiger charge is -2.58. The van der Waals surface area contributed by atoms with Crippen LogP contribution in [0.25, 0.3) is 0 Å². The Bertz CT molecular complexity index is 641. The fraction of sp³-hybridized carbons (Fsp3) is 0.611. The van der Waals surface area contributed by atoms with Gasteiger partial charge in [-0.05, 0) is 50.4 Å². The number of likely N-dealkylation sites (tertiary alicyclic amines) is 1. The highest BCUT2D eigenvalue weighted by molar-refractivity contribution is 5.82. The Kier molecular flexibility index (Phi) is 3.02. The molecule has 3 aliphatic rings. The van der Waals surface area contributed by atoms with E-state index in [-0.39, 0.29) is 11.2 Å². The number of ketones is 1. The van der Waals surface area contributed by atoms with Gasteiger partial charge in [-0.15, -0.1) is 0 Å². The topological polar surface area (TPSA) is 49.8 Å². The number of methoxy groups -OCH3 is 1. The molecule has 2 bridgehead atoms. The van der Waals surface area contributed by atoms with Crippen molar-refractivity contribution in [2.45, 2.75) is 43.6 Å². The SMILES string of the molecule is COc1ccc2c(c1O)[C@]13CCN(C)[C@H](C2)[C@H]1CCC(=O)C3. The minimum Gasteiger partial charge on any atom is -0.504 e. The first kappa shape index (κ1) is 14.1. The van der Waals surface area contributed by atoms with E-state index in [4.69, 9.17) is 4.74 Å². The standard InChI is InChI=1S/C18H23NO3/c1-19-8-7-18-10-12(20)4-5-13(18)14(19)9-11-3-6-15(22-2)17(21)16(11)18/h3,6,13-14,21H,4-5,7-10H2,1-2H3/t13-,14-,18+/m1/s1. The largest absolute Gasteiger partial charge is 0.504 e. The molecule has 2 aliphatic carbocycles. The number of hydrogen-bond acceptors (Lipinski definition) is 4. The van der Waals surface area contributed by atoms with Crippen LogP contribution in [0.3, 0.4) is 0 Å². The van der Waals surface area contributed by atoms with E-state index in [0.717, 1.165) is 31.4 Å². The molecule has 1 saturated carbocycles. The third kappa shape index (κ3) is 1.70. The molecule has 0 amide bonds. The molecule has 118 valence electrons. The molecule has 0 radical (unpaired) electrons. The number of benzene rings is 1. The molecular weight excluding hydrogens is 278 g/mol. The lowest BCUT2D eigenvalue weighted by Crippen LogP contribution is -2.60. The van der Waals surface area contributed by atoms with Crippen LogP contribution in [-0.2, 0) is 16.6 Å². The number of carbonyl (C=O) groups is 1. The van der Waals surface area contributed by atoms with Gasteiger partial charge in [-0.25, -0.2) is 0 Å². The van der Waals surface area contributed by atoms with Crippen molar-refractivity contribution < 1.29 is 14.6 Å². The molecule has 1 aliphatic heterocycles. The monoisotopic (exact) mass is 301 g/mol. The van der Waals surface area contributed by atoms with Gasteiger partial charge in [0.1, 0.15) is 5.78 Å². The highest BCUT2D eigenvalue weighted by Crippen LogP contribution is 2.58. The summed E-state index contributed by atoms with van der Waals surface area (Å²) in [4.78, 5) is 14.7. The first-order valence-electron chi connectivity index (χ1n) is 8.18. The Morgan fingerprint density at radius 2 is 2.23 bits per heavy atom. The number of rotatable bonds is 1. The average Bonchev–Trinajstić information content (AvgIpc) is 2.50. The van der Waals surface area contributed by atoms with Gasteiger partial charge in [-0.2, -0.15) is 0 Å². The molecule has 2 fully saturated rings. The molecule has 0 spiro atoms. The second-order valence-corrected chi connectivity index (χ2v) is 7.17. The maximum atomic E-state index is 12.2. The Balaban J connectivity index is 1.95. The van der Waals surface area contributed by atoms with Crippen molar-refractivity contribution in [3.05, 3.63) is 23.3 Å². The van der Waals surface area contributed by atoms with Gasteiger partial charge in [0, 0.05) is 29.9 Å². The summed E-state index contributed by atoms with van der Waals surface area (Å²) < 4.78 is 5.33. The van der Waals surface area contributed by atoms with Gasteiger partial charge in [0.05, 0.1) is 7.11 Å². The Morgan fingerprint density at radius 1 is 1.41 bits per heavy atom. The molecule has 4 rings (SSSR count). The van der Waals surface area contributed by atoms with Crippen LogP contribution < -0.4 is 4.74 Å². The van der Waals surface area contributed by atoms with Gasteiger partial charge >= 0.3 is 0 Å². The van der Waals surface area contributed by atoms with E-state index >= 15 is 0 Å². The van der Waals surface area contributed by atoms with Crippen molar-refractivity contribution in [1.29, 1.82) is 0 Å². The Morgan fingerprint density at radius 3 is 3.00 bits per heavy atom. The fourth-order valence-corrected chi connectivity index (χ4v) is 5.27. The third-order valence-electron chi connectivity index (χ3n) is 6.27. The van der Waals surface area contributed by atoms with Gasteiger partial charge in [-0.3, -0.25) is 4.79 Å². The molecule has 3 atom stereocenters. The number of hydrogen-bond donors (Lipinski definition) is 1. The van der Waals surface area contributed by atoms with Gasteiger partial charge < -0.3 is 14.7 Å². The first-order valence-corrected chi connectivity index (χ1v) is 8.18. The van der Waals surface area contributed by atoms with E-state index in [1.54, 1.807) is 7.11 Å². The predicted molar refractivity (Wildman–Crippen MR) is 83.4 cm³/mol. The predicted octanol–water partition coefficient (Wildman–Crippen LogP) is 2.27. The summed E-state index contributed by atoms with van der Waals surface area (Å²) in [5.41, 5.74) is 2.02. The van der Waals surface area contributed by atoms with E-state index in [1.807, 2.05) is 6.07 Å². The zero-order chi connectivity index (χ0) is 15.5. The van der Waals surface area contributed by atoms with Crippen LogP contribution in [0.1, 0.15) is 36.8 Å². The molecule has 1 aromatic rings. The third-order valence-corrected chi connectivity index (χ3v) is 6.27. The second kappa shape index (κ2) is 4.72. The summed E-state index contributed by atoms with van der Waals surface area (Å²) in [6, 6.07) is 4.42. The summed E-state index contributed by atoms with van der Waals surface area (Å²) in [7, 11) is 3.78. The number of ether oxygens (including phenoxy) is 1. The van der Waals surface area contributed by atoms with Crippen molar-refractivity contribution in [1.82, 2.24) is 4.90 Å². The number of phenols is 1. The summed E-state index contributed by atoms with van der Waals surface area (Å²) in [6.07, 6.45) is 4.13. The highest BCUT2D eigenvalue weighted by atomic mass is 16.5. The minimum atomic E-state index is -0.182. The molecule has 1 heterocycles. The highest BCUT2D eigenvalue weighted by Gasteiger charge is 2.56. The van der Waals surface area contributed by atoms with Crippen LogP contribution in [-0.4, -0.2) is 42.5 Å². The zero-order valence-corrected chi connectivity index (χ0v) is 13.3. The molecule has 1 aromatic carbocycles. The molecule has 0 aromatic heterocycles. The smallest absolute Gasteiger partial charge is 0.161 e. The first-order chi connectivity index (χ1) is 10.6. The minimum absolute atomic E-state index is 0.182. The summed E-state index contributed by atoms with van der Waals surface area (Å²) in [6.45, 7) is 0.991. The number of likely N-dealkylation sites (N-methyl/N-ethyl adjacent to an activating group) is 1. The van der Waals surface area contributed by atoms with E-state index in [9.17, 15) is 9.90 Å². The van der Waals surface area contributed by atoms with Gasteiger partial charge in [0.15, 0.2) is 11.5 Å².